The average Bonchev–Trinajstić information content (AvgIpc) is 2.69. The maximum Gasteiger partial charge on any atom is 0.269 e. The molecule has 3 rings (SSSR count). The smallest absolute Gasteiger partial charge is 0.269 e. The summed E-state index contributed by atoms with van der Waals surface area (Å²) < 4.78 is 5.21. The number of nitro benzene ring substituents is 1. The number of hydrogen-bond acceptors (Lipinski definition) is 5. The summed E-state index contributed by atoms with van der Waals surface area (Å²) in [4.78, 5) is 15.2. The van der Waals surface area contributed by atoms with Gasteiger partial charge in [0.15, 0.2) is 0 Å². The topological polar surface area (TPSA) is 58.8 Å². The first-order valence-corrected chi connectivity index (χ1v) is 9.00. The van der Waals surface area contributed by atoms with E-state index in [1.54, 1.807) is 19.2 Å². The zero-order chi connectivity index (χ0) is 18.4. The summed E-state index contributed by atoms with van der Waals surface area (Å²) in [6, 6.07) is 15.1. The van der Waals surface area contributed by atoms with Gasteiger partial charge in [-0.25, -0.2) is 0 Å². The van der Waals surface area contributed by atoms with Gasteiger partial charge in [0.05, 0.1) is 12.0 Å². The Hall–Kier alpha value is -2.60. The Labute approximate surface area is 154 Å². The van der Waals surface area contributed by atoms with Crippen molar-refractivity contribution in [2.75, 3.05) is 44.7 Å². The first-order chi connectivity index (χ1) is 12.7. The largest absolute Gasteiger partial charge is 0.497 e. The number of non-ortho nitro benzene ring substituents is 1. The lowest BCUT2D eigenvalue weighted by Gasteiger charge is -2.36. The van der Waals surface area contributed by atoms with Crippen molar-refractivity contribution in [1.29, 1.82) is 0 Å². The second kappa shape index (κ2) is 8.67. The number of rotatable bonds is 7. The van der Waals surface area contributed by atoms with Crippen molar-refractivity contribution in [2.45, 2.75) is 12.8 Å². The van der Waals surface area contributed by atoms with Gasteiger partial charge in [0.2, 0.25) is 0 Å². The number of nitrogens with zero attached hydrogens (tertiary/aromatic N) is 3. The number of nitro groups is 1. The molecule has 0 spiro atoms. The fraction of sp³-hybridized carbons (Fsp3) is 0.400. The van der Waals surface area contributed by atoms with Crippen LogP contribution in [0.25, 0.3) is 0 Å². The van der Waals surface area contributed by atoms with Gasteiger partial charge < -0.3 is 9.64 Å². The van der Waals surface area contributed by atoms with E-state index in [2.05, 4.69) is 21.9 Å². The SMILES string of the molecule is COc1ccc(N2CCN(CCCc3ccc([N+](=O)[O-])cc3)CC2)cc1. The van der Waals surface area contributed by atoms with E-state index >= 15 is 0 Å². The van der Waals surface area contributed by atoms with Crippen molar-refractivity contribution in [3.63, 3.8) is 0 Å². The number of hydrogen-bond donors (Lipinski definition) is 0. The summed E-state index contributed by atoms with van der Waals surface area (Å²) in [5, 5.41) is 10.7. The van der Waals surface area contributed by atoms with E-state index in [0.717, 1.165) is 56.9 Å². The molecule has 0 atom stereocenters. The summed E-state index contributed by atoms with van der Waals surface area (Å²) in [5.74, 6) is 0.888. The quantitative estimate of drug-likeness (QED) is 0.563. The number of aryl methyl sites for hydroxylation is 1. The average molecular weight is 355 g/mol. The molecule has 6 heteroatoms. The highest BCUT2D eigenvalue weighted by molar-refractivity contribution is 5.49. The Morgan fingerprint density at radius 3 is 2.23 bits per heavy atom. The molecule has 138 valence electrons. The normalized spacial score (nSPS) is 15.0. The van der Waals surface area contributed by atoms with Gasteiger partial charge >= 0.3 is 0 Å². The molecule has 1 fully saturated rings. The predicted octanol–water partition coefficient (Wildman–Crippen LogP) is 3.36. The molecule has 0 radical (unpaired) electrons. The van der Waals surface area contributed by atoms with Gasteiger partial charge in [-0.2, -0.15) is 0 Å². The lowest BCUT2D eigenvalue weighted by molar-refractivity contribution is -0.384. The van der Waals surface area contributed by atoms with E-state index in [9.17, 15) is 10.1 Å². The lowest BCUT2D eigenvalue weighted by Crippen LogP contribution is -2.46. The van der Waals surface area contributed by atoms with Gasteiger partial charge in [0, 0.05) is 44.0 Å². The maximum atomic E-state index is 10.7. The van der Waals surface area contributed by atoms with Crippen molar-refractivity contribution in [1.82, 2.24) is 4.90 Å². The van der Waals surface area contributed by atoms with Gasteiger partial charge in [0.1, 0.15) is 5.75 Å². The minimum atomic E-state index is -0.355. The summed E-state index contributed by atoms with van der Waals surface area (Å²) >= 11 is 0. The number of methoxy groups -OCH3 is 1. The molecule has 1 saturated heterocycles. The molecule has 1 aliphatic rings. The molecule has 2 aromatic carbocycles. The fourth-order valence-corrected chi connectivity index (χ4v) is 3.31. The number of benzene rings is 2. The maximum absolute atomic E-state index is 10.7. The Morgan fingerprint density at radius 1 is 1.00 bits per heavy atom. The molecular weight excluding hydrogens is 330 g/mol. The van der Waals surface area contributed by atoms with Crippen LogP contribution in [0.2, 0.25) is 0 Å². The van der Waals surface area contributed by atoms with Crippen LogP contribution in [0.1, 0.15) is 12.0 Å². The van der Waals surface area contributed by atoms with Crippen LogP contribution in [0, 0.1) is 10.1 Å². The van der Waals surface area contributed by atoms with Gasteiger partial charge in [0.25, 0.3) is 5.69 Å². The van der Waals surface area contributed by atoms with Gasteiger partial charge in [-0.05, 0) is 49.2 Å². The molecule has 0 unspecified atom stereocenters. The van der Waals surface area contributed by atoms with E-state index in [1.807, 2.05) is 24.3 Å². The molecule has 0 aliphatic carbocycles. The van der Waals surface area contributed by atoms with Crippen LogP contribution in [0.4, 0.5) is 11.4 Å². The molecule has 1 heterocycles. The van der Waals surface area contributed by atoms with Crippen LogP contribution in [-0.4, -0.2) is 49.7 Å². The van der Waals surface area contributed by atoms with Crippen LogP contribution in [-0.2, 0) is 6.42 Å². The third kappa shape index (κ3) is 4.73. The van der Waals surface area contributed by atoms with Crippen LogP contribution in [0.5, 0.6) is 5.75 Å². The Bertz CT molecular complexity index is 708. The molecule has 0 bridgehead atoms. The number of ether oxygens (including phenoxy) is 1. The van der Waals surface area contributed by atoms with E-state index in [4.69, 9.17) is 4.74 Å². The van der Waals surface area contributed by atoms with Gasteiger partial charge in [-0.1, -0.05) is 12.1 Å². The predicted molar refractivity (Wildman–Crippen MR) is 103 cm³/mol. The second-order valence-corrected chi connectivity index (χ2v) is 6.55. The van der Waals surface area contributed by atoms with Gasteiger partial charge in [-0.3, -0.25) is 15.0 Å². The molecule has 2 aromatic rings. The summed E-state index contributed by atoms with van der Waals surface area (Å²) in [6.45, 7) is 5.25. The van der Waals surface area contributed by atoms with Crippen molar-refractivity contribution in [3.05, 3.63) is 64.2 Å². The summed E-state index contributed by atoms with van der Waals surface area (Å²) in [7, 11) is 1.68. The first kappa shape index (κ1) is 18.2. The third-order valence-corrected chi connectivity index (χ3v) is 4.90. The van der Waals surface area contributed by atoms with E-state index < -0.39 is 0 Å². The monoisotopic (exact) mass is 355 g/mol. The lowest BCUT2D eigenvalue weighted by atomic mass is 10.1. The minimum Gasteiger partial charge on any atom is -0.497 e. The Balaban J connectivity index is 1.40. The zero-order valence-corrected chi connectivity index (χ0v) is 15.1. The highest BCUT2D eigenvalue weighted by Crippen LogP contribution is 2.20. The molecule has 0 N–H and O–H groups in total. The van der Waals surface area contributed by atoms with Crippen molar-refractivity contribution in [2.24, 2.45) is 0 Å². The van der Waals surface area contributed by atoms with Crippen molar-refractivity contribution < 1.29 is 9.66 Å². The minimum absolute atomic E-state index is 0.156. The van der Waals surface area contributed by atoms with Crippen LogP contribution in [0.15, 0.2) is 48.5 Å². The highest BCUT2D eigenvalue weighted by Gasteiger charge is 2.16. The van der Waals surface area contributed by atoms with Crippen LogP contribution < -0.4 is 9.64 Å². The van der Waals surface area contributed by atoms with E-state index in [-0.39, 0.29) is 10.6 Å². The van der Waals surface area contributed by atoms with E-state index in [1.165, 1.54) is 5.69 Å². The third-order valence-electron chi connectivity index (χ3n) is 4.90. The van der Waals surface area contributed by atoms with Crippen molar-refractivity contribution >= 4 is 11.4 Å². The number of anilines is 1. The molecular formula is C20H25N3O3. The zero-order valence-electron chi connectivity index (χ0n) is 15.1. The highest BCUT2D eigenvalue weighted by atomic mass is 16.6. The molecule has 0 amide bonds. The number of piperazine rings is 1. The van der Waals surface area contributed by atoms with Gasteiger partial charge in [-0.15, -0.1) is 0 Å². The molecule has 26 heavy (non-hydrogen) atoms. The van der Waals surface area contributed by atoms with Crippen LogP contribution in [0.3, 0.4) is 0 Å². The molecule has 6 nitrogen and oxygen atoms in total. The summed E-state index contributed by atoms with van der Waals surface area (Å²) in [5.41, 5.74) is 2.56. The van der Waals surface area contributed by atoms with E-state index in [0.29, 0.717) is 0 Å². The fourth-order valence-electron chi connectivity index (χ4n) is 3.31. The Kier molecular flexibility index (Phi) is 6.07. The second-order valence-electron chi connectivity index (χ2n) is 6.55. The molecule has 1 aliphatic heterocycles. The molecule has 0 saturated carbocycles. The van der Waals surface area contributed by atoms with Crippen LogP contribution >= 0.6 is 0 Å². The Morgan fingerprint density at radius 2 is 1.65 bits per heavy atom. The first-order valence-electron chi connectivity index (χ1n) is 9.00. The standard InChI is InChI=1S/C20H25N3O3/c1-26-20-10-8-18(9-11-20)22-15-13-21(14-16-22)12-2-3-17-4-6-19(7-5-17)23(24)25/h4-11H,2-3,12-16H2,1H3. The van der Waals surface area contributed by atoms with Crippen molar-refractivity contribution in [3.8, 4) is 5.75 Å². The molecule has 0 aromatic heterocycles. The summed E-state index contributed by atoms with van der Waals surface area (Å²) in [6.07, 6.45) is 2.02.